The van der Waals surface area contributed by atoms with Gasteiger partial charge in [0.2, 0.25) is 11.8 Å². The van der Waals surface area contributed by atoms with E-state index in [0.29, 0.717) is 24.2 Å². The molecule has 0 bridgehead atoms. The van der Waals surface area contributed by atoms with Crippen LogP contribution in [0.15, 0.2) is 28.7 Å². The van der Waals surface area contributed by atoms with Gasteiger partial charge in [-0.2, -0.15) is 0 Å². The standard InChI is InChI=1S/C15H19N3O2/c1-3-14-17-18-15(20-14)8-16-10(2)12-9-19-13-7-5-4-6-11(12)13/h4-7,10,12,16H,3,8-9H2,1-2H3/t10-,12-/m0/s1. The molecule has 0 amide bonds. The summed E-state index contributed by atoms with van der Waals surface area (Å²) in [6.45, 7) is 5.47. The van der Waals surface area contributed by atoms with Crippen LogP contribution in [0, 0.1) is 0 Å². The average Bonchev–Trinajstić information content (AvgIpc) is 3.11. The Morgan fingerprint density at radius 1 is 1.30 bits per heavy atom. The Morgan fingerprint density at radius 2 is 2.10 bits per heavy atom. The third-order valence-electron chi connectivity index (χ3n) is 3.73. The van der Waals surface area contributed by atoms with Crippen LogP contribution in [0.4, 0.5) is 0 Å². The highest BCUT2D eigenvalue weighted by molar-refractivity contribution is 5.40. The molecule has 3 rings (SSSR count). The second-order valence-corrected chi connectivity index (χ2v) is 5.07. The predicted molar refractivity (Wildman–Crippen MR) is 74.7 cm³/mol. The fraction of sp³-hybridized carbons (Fsp3) is 0.467. The van der Waals surface area contributed by atoms with Crippen LogP contribution in [0.2, 0.25) is 0 Å². The average molecular weight is 273 g/mol. The van der Waals surface area contributed by atoms with E-state index >= 15 is 0 Å². The molecule has 0 saturated heterocycles. The fourth-order valence-electron chi connectivity index (χ4n) is 2.49. The Labute approximate surface area is 118 Å². The van der Waals surface area contributed by atoms with Crippen LogP contribution >= 0.6 is 0 Å². The van der Waals surface area contributed by atoms with Gasteiger partial charge in [0, 0.05) is 23.9 Å². The van der Waals surface area contributed by atoms with Crippen molar-refractivity contribution in [2.24, 2.45) is 0 Å². The van der Waals surface area contributed by atoms with E-state index in [9.17, 15) is 0 Å². The zero-order valence-electron chi connectivity index (χ0n) is 11.8. The van der Waals surface area contributed by atoms with Crippen molar-refractivity contribution in [2.45, 2.75) is 38.8 Å². The largest absolute Gasteiger partial charge is 0.493 e. The molecule has 2 heterocycles. The number of fused-ring (bicyclic) bond motifs is 1. The van der Waals surface area contributed by atoms with Crippen molar-refractivity contribution in [1.29, 1.82) is 0 Å². The van der Waals surface area contributed by atoms with Gasteiger partial charge in [0.25, 0.3) is 0 Å². The minimum absolute atomic E-state index is 0.288. The van der Waals surface area contributed by atoms with Gasteiger partial charge in [0.15, 0.2) is 0 Å². The van der Waals surface area contributed by atoms with E-state index < -0.39 is 0 Å². The van der Waals surface area contributed by atoms with Crippen molar-refractivity contribution in [3.63, 3.8) is 0 Å². The summed E-state index contributed by atoms with van der Waals surface area (Å²) in [5.74, 6) is 2.68. The highest BCUT2D eigenvalue weighted by Gasteiger charge is 2.28. The van der Waals surface area contributed by atoms with Crippen molar-refractivity contribution < 1.29 is 9.15 Å². The maximum atomic E-state index is 5.71. The minimum Gasteiger partial charge on any atom is -0.493 e. The normalized spacial score (nSPS) is 18.6. The van der Waals surface area contributed by atoms with Crippen LogP contribution in [-0.4, -0.2) is 22.8 Å². The first-order valence-electron chi connectivity index (χ1n) is 7.04. The van der Waals surface area contributed by atoms with Gasteiger partial charge < -0.3 is 14.5 Å². The van der Waals surface area contributed by atoms with E-state index in [1.165, 1.54) is 5.56 Å². The molecule has 5 heteroatoms. The van der Waals surface area contributed by atoms with Gasteiger partial charge in [-0.1, -0.05) is 25.1 Å². The van der Waals surface area contributed by atoms with Gasteiger partial charge in [0.05, 0.1) is 13.2 Å². The van der Waals surface area contributed by atoms with Gasteiger partial charge >= 0.3 is 0 Å². The molecule has 5 nitrogen and oxygen atoms in total. The number of ether oxygens (including phenoxy) is 1. The molecule has 0 fully saturated rings. The van der Waals surface area contributed by atoms with Gasteiger partial charge in [-0.05, 0) is 13.0 Å². The summed E-state index contributed by atoms with van der Waals surface area (Å²) in [6.07, 6.45) is 0.770. The Kier molecular flexibility index (Phi) is 3.69. The highest BCUT2D eigenvalue weighted by atomic mass is 16.5. The molecule has 2 atom stereocenters. The number of hydrogen-bond acceptors (Lipinski definition) is 5. The first kappa shape index (κ1) is 13.1. The molecule has 0 aliphatic carbocycles. The molecule has 1 aromatic carbocycles. The molecule has 0 radical (unpaired) electrons. The van der Waals surface area contributed by atoms with Gasteiger partial charge in [-0.25, -0.2) is 0 Å². The molecule has 2 aromatic rings. The van der Waals surface area contributed by atoms with Crippen LogP contribution in [0.1, 0.15) is 37.1 Å². The summed E-state index contributed by atoms with van der Waals surface area (Å²) in [5, 5.41) is 11.4. The van der Waals surface area contributed by atoms with Crippen molar-refractivity contribution in [3.05, 3.63) is 41.6 Å². The van der Waals surface area contributed by atoms with Crippen molar-refractivity contribution in [3.8, 4) is 5.75 Å². The minimum atomic E-state index is 0.288. The van der Waals surface area contributed by atoms with Crippen LogP contribution in [0.5, 0.6) is 5.75 Å². The Bertz CT molecular complexity index is 582. The maximum absolute atomic E-state index is 5.71. The van der Waals surface area contributed by atoms with E-state index in [2.05, 4.69) is 34.6 Å². The molecule has 106 valence electrons. The van der Waals surface area contributed by atoms with Crippen LogP contribution in [0.25, 0.3) is 0 Å². The topological polar surface area (TPSA) is 60.2 Å². The summed E-state index contributed by atoms with van der Waals surface area (Å²) < 4.78 is 11.2. The molecule has 1 aliphatic rings. The lowest BCUT2D eigenvalue weighted by Gasteiger charge is -2.18. The number of aryl methyl sites for hydroxylation is 1. The van der Waals surface area contributed by atoms with Crippen LogP contribution in [0.3, 0.4) is 0 Å². The lowest BCUT2D eigenvalue weighted by molar-refractivity contribution is 0.299. The first-order chi connectivity index (χ1) is 9.78. The molecule has 0 saturated carbocycles. The SMILES string of the molecule is CCc1nnc(CN[C@@H](C)[C@@H]2COc3ccccc32)o1. The molecule has 0 spiro atoms. The molecule has 1 aliphatic heterocycles. The van der Waals surface area contributed by atoms with E-state index in [1.807, 2.05) is 19.1 Å². The fourth-order valence-corrected chi connectivity index (χ4v) is 2.49. The van der Waals surface area contributed by atoms with E-state index in [-0.39, 0.29) is 6.04 Å². The highest BCUT2D eigenvalue weighted by Crippen LogP contribution is 2.35. The lowest BCUT2D eigenvalue weighted by atomic mass is 9.94. The smallest absolute Gasteiger partial charge is 0.230 e. The van der Waals surface area contributed by atoms with Gasteiger partial charge in [0.1, 0.15) is 5.75 Å². The third-order valence-corrected chi connectivity index (χ3v) is 3.73. The lowest BCUT2D eigenvalue weighted by Crippen LogP contribution is -2.32. The summed E-state index contributed by atoms with van der Waals surface area (Å²) in [5.41, 5.74) is 1.27. The number of rotatable bonds is 5. The molecular formula is C15H19N3O2. The molecule has 1 N–H and O–H groups in total. The number of nitrogens with zero attached hydrogens (tertiary/aromatic N) is 2. The second kappa shape index (κ2) is 5.63. The zero-order chi connectivity index (χ0) is 13.9. The number of benzene rings is 1. The number of nitrogens with one attached hydrogen (secondary N) is 1. The zero-order valence-corrected chi connectivity index (χ0v) is 11.8. The molecule has 0 unspecified atom stereocenters. The van der Waals surface area contributed by atoms with Gasteiger partial charge in [-0.3, -0.25) is 0 Å². The van der Waals surface area contributed by atoms with Crippen LogP contribution in [-0.2, 0) is 13.0 Å². The predicted octanol–water partition coefficient (Wildman–Crippen LogP) is 2.29. The summed E-state index contributed by atoms with van der Waals surface area (Å²) in [4.78, 5) is 0. The molecule has 20 heavy (non-hydrogen) atoms. The number of para-hydroxylation sites is 1. The van der Waals surface area contributed by atoms with E-state index in [0.717, 1.165) is 18.8 Å². The van der Waals surface area contributed by atoms with Crippen molar-refractivity contribution in [1.82, 2.24) is 15.5 Å². The first-order valence-corrected chi connectivity index (χ1v) is 7.04. The van der Waals surface area contributed by atoms with Crippen LogP contribution < -0.4 is 10.1 Å². The second-order valence-electron chi connectivity index (χ2n) is 5.07. The summed E-state index contributed by atoms with van der Waals surface area (Å²) in [7, 11) is 0. The Hall–Kier alpha value is -1.88. The summed E-state index contributed by atoms with van der Waals surface area (Å²) >= 11 is 0. The van der Waals surface area contributed by atoms with Crippen molar-refractivity contribution in [2.75, 3.05) is 6.61 Å². The monoisotopic (exact) mass is 273 g/mol. The Balaban J connectivity index is 1.61. The van der Waals surface area contributed by atoms with Gasteiger partial charge in [-0.15, -0.1) is 10.2 Å². The van der Waals surface area contributed by atoms with E-state index in [4.69, 9.17) is 9.15 Å². The molecule has 1 aromatic heterocycles. The third kappa shape index (κ3) is 2.54. The maximum Gasteiger partial charge on any atom is 0.230 e. The van der Waals surface area contributed by atoms with E-state index in [1.54, 1.807) is 0 Å². The number of hydrogen-bond donors (Lipinski definition) is 1. The summed E-state index contributed by atoms with van der Waals surface area (Å²) in [6, 6.07) is 8.50. The Morgan fingerprint density at radius 3 is 2.90 bits per heavy atom. The quantitative estimate of drug-likeness (QED) is 0.905. The molecular weight excluding hydrogens is 254 g/mol. The van der Waals surface area contributed by atoms with Crippen molar-refractivity contribution >= 4 is 0 Å². The number of aromatic nitrogens is 2.